The van der Waals surface area contributed by atoms with Gasteiger partial charge in [-0.1, -0.05) is 36.4 Å². The number of carbonyl (C=O) groups excluding carboxylic acids is 2. The van der Waals surface area contributed by atoms with Crippen molar-refractivity contribution in [3.05, 3.63) is 71.7 Å². The van der Waals surface area contributed by atoms with Crippen LogP contribution in [0.2, 0.25) is 0 Å². The molecule has 3 aromatic rings. The summed E-state index contributed by atoms with van der Waals surface area (Å²) in [5.41, 5.74) is 2.59. The zero-order valence-corrected chi connectivity index (χ0v) is 16.9. The van der Waals surface area contributed by atoms with Gasteiger partial charge < -0.3 is 24.9 Å². The minimum absolute atomic E-state index is 0.0478. The number of hydrogen-bond donors (Lipinski definition) is 3. The number of ether oxygens (including phenoxy) is 2. The number of imidazole rings is 1. The molecule has 2 aromatic carbocycles. The highest BCUT2D eigenvalue weighted by Gasteiger charge is 2.22. The van der Waals surface area contributed by atoms with Crippen LogP contribution in [0.15, 0.2) is 54.7 Å². The smallest absolute Gasteiger partial charge is 0.425 e. The second-order valence-electron chi connectivity index (χ2n) is 6.67. The Morgan fingerprint density at radius 1 is 1.16 bits per heavy atom. The summed E-state index contributed by atoms with van der Waals surface area (Å²) in [7, 11) is 1.35. The molecule has 1 heterocycles. The molecule has 0 saturated heterocycles. The van der Waals surface area contributed by atoms with Crippen molar-refractivity contribution in [3.63, 3.8) is 0 Å². The van der Waals surface area contributed by atoms with Crippen LogP contribution in [0.3, 0.4) is 0 Å². The van der Waals surface area contributed by atoms with Gasteiger partial charge in [-0.2, -0.15) is 0 Å². The van der Waals surface area contributed by atoms with E-state index in [1.165, 1.54) is 13.2 Å². The van der Waals surface area contributed by atoms with Crippen LogP contribution >= 0.6 is 0 Å². The summed E-state index contributed by atoms with van der Waals surface area (Å²) in [6.07, 6.45) is 1.77. The highest BCUT2D eigenvalue weighted by molar-refractivity contribution is 6.31. The topological polar surface area (TPSA) is 131 Å². The van der Waals surface area contributed by atoms with Gasteiger partial charge in [-0.3, -0.25) is 0 Å². The molecule has 31 heavy (non-hydrogen) atoms. The molecule has 1 atom stereocenters. The number of aromatic amines is 1. The standard InChI is InChI=1S/C22H21N3O6/c1-13(19-24-12-17(25-19)15-6-4-3-5-7-15)23-11-14-8-9-18(30-2)16(10-14)21(28)31-22(29)20(26)27/h3-10,12-13,23H,11H2,1-2H3,(H,24,25)(H,26,27)/t13-/m0/s1. The van der Waals surface area contributed by atoms with E-state index in [1.54, 1.807) is 18.3 Å². The van der Waals surface area contributed by atoms with Crippen LogP contribution in [-0.2, 0) is 20.9 Å². The molecule has 0 bridgehead atoms. The van der Waals surface area contributed by atoms with E-state index in [4.69, 9.17) is 9.84 Å². The number of aliphatic carboxylic acids is 1. The van der Waals surface area contributed by atoms with Crippen LogP contribution in [0.4, 0.5) is 0 Å². The molecule has 0 spiro atoms. The monoisotopic (exact) mass is 423 g/mol. The van der Waals surface area contributed by atoms with Gasteiger partial charge >= 0.3 is 17.9 Å². The fourth-order valence-corrected chi connectivity index (χ4v) is 2.90. The van der Waals surface area contributed by atoms with Crippen LogP contribution < -0.4 is 10.1 Å². The first-order chi connectivity index (χ1) is 14.9. The third-order valence-corrected chi connectivity index (χ3v) is 4.55. The second kappa shape index (κ2) is 9.68. The molecular weight excluding hydrogens is 402 g/mol. The number of carbonyl (C=O) groups is 3. The van der Waals surface area contributed by atoms with E-state index in [9.17, 15) is 14.4 Å². The zero-order chi connectivity index (χ0) is 22.4. The number of aromatic nitrogens is 2. The first-order valence-corrected chi connectivity index (χ1v) is 9.39. The van der Waals surface area contributed by atoms with Gasteiger partial charge in [0.1, 0.15) is 17.1 Å². The normalized spacial score (nSPS) is 11.5. The van der Waals surface area contributed by atoms with Crippen molar-refractivity contribution in [2.24, 2.45) is 0 Å². The number of nitrogens with zero attached hydrogens (tertiary/aromatic N) is 1. The summed E-state index contributed by atoms with van der Waals surface area (Å²) in [6.45, 7) is 2.32. The molecule has 0 aliphatic rings. The first-order valence-electron chi connectivity index (χ1n) is 9.39. The summed E-state index contributed by atoms with van der Waals surface area (Å²) in [5, 5.41) is 11.9. The Morgan fingerprint density at radius 3 is 2.58 bits per heavy atom. The zero-order valence-electron chi connectivity index (χ0n) is 16.9. The van der Waals surface area contributed by atoms with Crippen molar-refractivity contribution >= 4 is 17.9 Å². The van der Waals surface area contributed by atoms with E-state index in [2.05, 4.69) is 20.0 Å². The molecule has 0 saturated carbocycles. The molecule has 0 unspecified atom stereocenters. The van der Waals surface area contributed by atoms with Gasteiger partial charge in [-0.05, 0) is 30.2 Å². The molecule has 0 radical (unpaired) electrons. The first kappa shape index (κ1) is 21.7. The average molecular weight is 423 g/mol. The summed E-state index contributed by atoms with van der Waals surface area (Å²) < 4.78 is 9.45. The molecule has 1 aromatic heterocycles. The number of nitrogens with one attached hydrogen (secondary N) is 2. The maximum absolute atomic E-state index is 12.2. The van der Waals surface area contributed by atoms with Crippen molar-refractivity contribution in [1.29, 1.82) is 0 Å². The van der Waals surface area contributed by atoms with Gasteiger partial charge in [0.05, 0.1) is 25.0 Å². The summed E-state index contributed by atoms with van der Waals surface area (Å²) in [4.78, 5) is 41.7. The van der Waals surface area contributed by atoms with Gasteiger partial charge in [0.2, 0.25) is 0 Å². The quantitative estimate of drug-likeness (QED) is 0.300. The Hall–Kier alpha value is -3.98. The highest BCUT2D eigenvalue weighted by Crippen LogP contribution is 2.22. The highest BCUT2D eigenvalue weighted by atomic mass is 16.6. The summed E-state index contributed by atoms with van der Waals surface area (Å²) in [6, 6.07) is 14.5. The van der Waals surface area contributed by atoms with E-state index < -0.39 is 17.9 Å². The maximum atomic E-state index is 12.2. The Kier molecular flexibility index (Phi) is 6.78. The largest absolute Gasteiger partial charge is 0.496 e. The van der Waals surface area contributed by atoms with Crippen LogP contribution in [-0.4, -0.2) is 40.1 Å². The fraction of sp³-hybridized carbons (Fsp3) is 0.182. The minimum atomic E-state index is -1.85. The average Bonchev–Trinajstić information content (AvgIpc) is 3.28. The van der Waals surface area contributed by atoms with Crippen LogP contribution in [0.1, 0.15) is 34.7 Å². The van der Waals surface area contributed by atoms with Crippen LogP contribution in [0.5, 0.6) is 5.75 Å². The molecule has 0 aliphatic carbocycles. The number of H-pyrrole nitrogens is 1. The van der Waals surface area contributed by atoms with Gasteiger partial charge in [-0.15, -0.1) is 0 Å². The SMILES string of the molecule is COc1ccc(CN[C@@H](C)c2ncc(-c3ccccc3)[nH]2)cc1C(=O)OC(=O)C(=O)O. The van der Waals surface area contributed by atoms with E-state index in [0.29, 0.717) is 12.1 Å². The fourth-order valence-electron chi connectivity index (χ4n) is 2.90. The molecule has 0 aliphatic heterocycles. The number of hydrogen-bond acceptors (Lipinski definition) is 7. The van der Waals surface area contributed by atoms with Gasteiger partial charge in [-0.25, -0.2) is 19.4 Å². The number of rotatable bonds is 7. The van der Waals surface area contributed by atoms with Crippen LogP contribution in [0, 0.1) is 0 Å². The molecule has 0 amide bonds. The lowest BCUT2D eigenvalue weighted by atomic mass is 10.1. The molecular formula is C22H21N3O6. The van der Waals surface area contributed by atoms with Crippen molar-refractivity contribution in [3.8, 4) is 17.0 Å². The van der Waals surface area contributed by atoms with Gasteiger partial charge in [0.25, 0.3) is 0 Å². The Labute approximate surface area is 178 Å². The maximum Gasteiger partial charge on any atom is 0.425 e. The van der Waals surface area contributed by atoms with Crippen molar-refractivity contribution in [1.82, 2.24) is 15.3 Å². The number of methoxy groups -OCH3 is 1. The molecule has 9 heteroatoms. The van der Waals surface area contributed by atoms with Crippen molar-refractivity contribution in [2.75, 3.05) is 7.11 Å². The lowest BCUT2D eigenvalue weighted by molar-refractivity contribution is -0.160. The van der Waals surface area contributed by atoms with Crippen LogP contribution in [0.25, 0.3) is 11.3 Å². The van der Waals surface area contributed by atoms with E-state index in [-0.39, 0.29) is 17.4 Å². The van der Waals surface area contributed by atoms with E-state index >= 15 is 0 Å². The van der Waals surface area contributed by atoms with Crippen molar-refractivity contribution in [2.45, 2.75) is 19.5 Å². The number of esters is 2. The van der Waals surface area contributed by atoms with Crippen molar-refractivity contribution < 1.29 is 29.0 Å². The third kappa shape index (κ3) is 5.34. The Bertz CT molecular complexity index is 1090. The molecule has 3 rings (SSSR count). The molecule has 3 N–H and O–H groups in total. The predicted molar refractivity (Wildman–Crippen MR) is 110 cm³/mol. The van der Waals surface area contributed by atoms with Gasteiger partial charge in [0, 0.05) is 6.54 Å². The minimum Gasteiger partial charge on any atom is -0.496 e. The van der Waals surface area contributed by atoms with Gasteiger partial charge in [0.15, 0.2) is 0 Å². The summed E-state index contributed by atoms with van der Waals surface area (Å²) in [5.74, 6) is -3.70. The second-order valence-corrected chi connectivity index (χ2v) is 6.67. The number of carboxylic acid groups (broad SMARTS) is 1. The van der Waals surface area contributed by atoms with E-state index in [0.717, 1.165) is 17.1 Å². The molecule has 9 nitrogen and oxygen atoms in total. The summed E-state index contributed by atoms with van der Waals surface area (Å²) >= 11 is 0. The molecule has 0 fully saturated rings. The lowest BCUT2D eigenvalue weighted by Gasteiger charge is -2.13. The Morgan fingerprint density at radius 2 is 1.90 bits per heavy atom. The third-order valence-electron chi connectivity index (χ3n) is 4.55. The number of carboxylic acids is 1. The lowest BCUT2D eigenvalue weighted by Crippen LogP contribution is -2.22. The molecule has 160 valence electrons. The Balaban J connectivity index is 1.69. The predicted octanol–water partition coefficient (Wildman–Crippen LogP) is 2.70. The number of benzene rings is 2. The van der Waals surface area contributed by atoms with E-state index in [1.807, 2.05) is 37.3 Å².